The van der Waals surface area contributed by atoms with Gasteiger partial charge >= 0.3 is 0 Å². The van der Waals surface area contributed by atoms with Gasteiger partial charge in [-0.15, -0.1) is 0 Å². The highest BCUT2D eigenvalue weighted by Crippen LogP contribution is 2.15. The molecule has 0 spiro atoms. The number of benzene rings is 1. The zero-order chi connectivity index (χ0) is 10.9. The highest BCUT2D eigenvalue weighted by Gasteiger charge is 1.95. The van der Waals surface area contributed by atoms with Crippen LogP contribution < -0.4 is 0 Å². The van der Waals surface area contributed by atoms with Gasteiger partial charge in [0.1, 0.15) is 0 Å². The highest BCUT2D eigenvalue weighted by molar-refractivity contribution is 6.30. The molecule has 0 unspecified atom stereocenters. The largest absolute Gasteiger partial charge is 0.392 e. The van der Waals surface area contributed by atoms with Crippen LogP contribution >= 0.6 is 11.6 Å². The lowest BCUT2D eigenvalue weighted by Gasteiger charge is -1.92. The summed E-state index contributed by atoms with van der Waals surface area (Å²) in [7, 11) is 0. The minimum Gasteiger partial charge on any atom is -0.392 e. The lowest BCUT2D eigenvalue weighted by Crippen LogP contribution is -1.79. The maximum absolute atomic E-state index is 8.59. The van der Waals surface area contributed by atoms with Crippen LogP contribution in [0.3, 0.4) is 0 Å². The third kappa shape index (κ3) is 9.77. The summed E-state index contributed by atoms with van der Waals surface area (Å²) in [5.41, 5.74) is 0.888. The van der Waals surface area contributed by atoms with Crippen molar-refractivity contribution in [2.24, 2.45) is 0 Å². The van der Waals surface area contributed by atoms with Gasteiger partial charge in [0.2, 0.25) is 0 Å². The first-order valence-corrected chi connectivity index (χ1v) is 6.06. The molecule has 0 radical (unpaired) electrons. The molecule has 1 aromatic rings. The molecule has 1 nitrogen and oxygen atoms in total. The molecular weight excluding hydrogens is 208 g/mol. The Hall–Kier alpha value is -0.530. The van der Waals surface area contributed by atoms with Crippen molar-refractivity contribution in [3.8, 4) is 0 Å². The van der Waals surface area contributed by atoms with Gasteiger partial charge in [0.25, 0.3) is 0 Å². The van der Waals surface area contributed by atoms with E-state index in [0.717, 1.165) is 5.56 Å². The third-order valence-electron chi connectivity index (χ3n) is 1.80. The minimum absolute atomic E-state index is 0.0805. The van der Waals surface area contributed by atoms with Crippen LogP contribution in [0.15, 0.2) is 24.3 Å². The fourth-order valence-electron chi connectivity index (χ4n) is 0.590. The molecule has 15 heavy (non-hydrogen) atoms. The summed E-state index contributed by atoms with van der Waals surface area (Å²) in [6, 6.07) is 7.10. The molecule has 0 amide bonds. The lowest BCUT2D eigenvalue weighted by atomic mass is 10.2. The van der Waals surface area contributed by atoms with E-state index in [1.54, 1.807) is 24.3 Å². The van der Waals surface area contributed by atoms with Crippen molar-refractivity contribution < 1.29 is 5.11 Å². The van der Waals surface area contributed by atoms with Crippen molar-refractivity contribution in [3.63, 3.8) is 0 Å². The van der Waals surface area contributed by atoms with Gasteiger partial charge in [-0.25, -0.2) is 0 Å². The van der Waals surface area contributed by atoms with Crippen molar-refractivity contribution >= 4 is 11.6 Å². The standard InChI is InChI=1S/C7H7ClO.2C3H6/c8-7-3-1-6(5-9)2-4-7;2*1-2-3-1/h1-4,9H,5H2;2*1-3H2. The van der Waals surface area contributed by atoms with Gasteiger partial charge in [-0.1, -0.05) is 62.3 Å². The predicted molar refractivity (Wildman–Crippen MR) is 65.1 cm³/mol. The van der Waals surface area contributed by atoms with Crippen LogP contribution in [-0.2, 0) is 6.61 Å². The van der Waals surface area contributed by atoms with E-state index in [0.29, 0.717) is 5.02 Å². The molecule has 0 bridgehead atoms. The highest BCUT2D eigenvalue weighted by atomic mass is 35.5. The smallest absolute Gasteiger partial charge is 0.0681 e. The lowest BCUT2D eigenvalue weighted by molar-refractivity contribution is 0.282. The Bertz CT molecular complexity index is 240. The average Bonchev–Trinajstić information content (AvgIpc) is 3.13. The molecule has 1 N–H and O–H groups in total. The van der Waals surface area contributed by atoms with Crippen molar-refractivity contribution in [2.75, 3.05) is 0 Å². The van der Waals surface area contributed by atoms with E-state index in [4.69, 9.17) is 16.7 Å². The second kappa shape index (κ2) is 7.72. The predicted octanol–water partition coefficient (Wildman–Crippen LogP) is 4.17. The first-order chi connectivity index (χ1) is 7.33. The molecule has 0 aliphatic heterocycles. The van der Waals surface area contributed by atoms with Crippen molar-refractivity contribution in [1.82, 2.24) is 0 Å². The molecule has 0 aromatic heterocycles. The zero-order valence-electron chi connectivity index (χ0n) is 9.08. The van der Waals surface area contributed by atoms with Crippen LogP contribution in [0.1, 0.15) is 44.1 Å². The molecular formula is C13H19ClO. The van der Waals surface area contributed by atoms with Gasteiger partial charge in [-0.05, 0) is 17.7 Å². The van der Waals surface area contributed by atoms with Gasteiger partial charge in [-0.3, -0.25) is 0 Å². The van der Waals surface area contributed by atoms with E-state index in [1.807, 2.05) is 0 Å². The van der Waals surface area contributed by atoms with Crippen LogP contribution in [0.4, 0.5) is 0 Å². The fraction of sp³-hybridized carbons (Fsp3) is 0.538. The molecule has 0 atom stereocenters. The Morgan fingerprint density at radius 2 is 1.27 bits per heavy atom. The number of aliphatic hydroxyl groups is 1. The minimum atomic E-state index is 0.0805. The van der Waals surface area contributed by atoms with Gasteiger partial charge in [0.15, 0.2) is 0 Å². The second-order valence-electron chi connectivity index (χ2n) is 3.91. The maximum atomic E-state index is 8.59. The van der Waals surface area contributed by atoms with Crippen LogP contribution in [-0.4, -0.2) is 5.11 Å². The fourth-order valence-corrected chi connectivity index (χ4v) is 0.716. The second-order valence-corrected chi connectivity index (χ2v) is 4.34. The number of hydrogen-bond donors (Lipinski definition) is 1. The molecule has 1 aromatic carbocycles. The van der Waals surface area contributed by atoms with Gasteiger partial charge in [0.05, 0.1) is 6.61 Å². The summed E-state index contributed by atoms with van der Waals surface area (Å²) in [5.74, 6) is 0. The molecule has 2 saturated carbocycles. The molecule has 2 fully saturated rings. The van der Waals surface area contributed by atoms with Gasteiger partial charge in [-0.2, -0.15) is 0 Å². The van der Waals surface area contributed by atoms with E-state index >= 15 is 0 Å². The van der Waals surface area contributed by atoms with Crippen molar-refractivity contribution in [2.45, 2.75) is 45.1 Å². The van der Waals surface area contributed by atoms with Gasteiger partial charge < -0.3 is 5.11 Å². The van der Waals surface area contributed by atoms with Crippen LogP contribution in [0.5, 0.6) is 0 Å². The molecule has 2 heteroatoms. The average molecular weight is 227 g/mol. The molecule has 3 rings (SSSR count). The molecule has 84 valence electrons. The Labute approximate surface area is 97.1 Å². The van der Waals surface area contributed by atoms with Crippen molar-refractivity contribution in [1.29, 1.82) is 0 Å². The van der Waals surface area contributed by atoms with Crippen LogP contribution in [0.25, 0.3) is 0 Å². The summed E-state index contributed by atoms with van der Waals surface area (Å²) in [4.78, 5) is 0. The Morgan fingerprint density at radius 3 is 1.53 bits per heavy atom. The first-order valence-electron chi connectivity index (χ1n) is 5.68. The summed E-state index contributed by atoms with van der Waals surface area (Å²) in [5, 5.41) is 9.29. The number of halogens is 1. The molecule has 0 saturated heterocycles. The summed E-state index contributed by atoms with van der Waals surface area (Å²) >= 11 is 5.59. The molecule has 0 heterocycles. The van der Waals surface area contributed by atoms with E-state index in [9.17, 15) is 0 Å². The number of rotatable bonds is 1. The number of aliphatic hydroxyl groups excluding tert-OH is 1. The quantitative estimate of drug-likeness (QED) is 0.762. The SMILES string of the molecule is C1CC1.C1CC1.OCc1ccc(Cl)cc1. The summed E-state index contributed by atoms with van der Waals surface area (Å²) in [6.45, 7) is 0.0805. The van der Waals surface area contributed by atoms with E-state index in [2.05, 4.69) is 0 Å². The summed E-state index contributed by atoms with van der Waals surface area (Å²) < 4.78 is 0. The monoisotopic (exact) mass is 226 g/mol. The van der Waals surface area contributed by atoms with Crippen LogP contribution in [0, 0.1) is 0 Å². The van der Waals surface area contributed by atoms with E-state index in [-0.39, 0.29) is 6.61 Å². The topological polar surface area (TPSA) is 20.2 Å². The Balaban J connectivity index is 0.000000150. The molecule has 2 aliphatic carbocycles. The molecule has 2 aliphatic rings. The Kier molecular flexibility index (Phi) is 6.45. The summed E-state index contributed by atoms with van der Waals surface area (Å²) in [6.07, 6.45) is 9.00. The first kappa shape index (κ1) is 12.5. The van der Waals surface area contributed by atoms with E-state index in [1.165, 1.54) is 38.5 Å². The normalized spacial score (nSPS) is 15.3. The van der Waals surface area contributed by atoms with Crippen LogP contribution in [0.2, 0.25) is 5.02 Å². The maximum Gasteiger partial charge on any atom is 0.0681 e. The number of hydrogen-bond acceptors (Lipinski definition) is 1. The zero-order valence-corrected chi connectivity index (χ0v) is 9.84. The van der Waals surface area contributed by atoms with Gasteiger partial charge in [0, 0.05) is 5.02 Å². The van der Waals surface area contributed by atoms with E-state index < -0.39 is 0 Å². The van der Waals surface area contributed by atoms with Crippen molar-refractivity contribution in [3.05, 3.63) is 34.9 Å². The Morgan fingerprint density at radius 1 is 0.867 bits per heavy atom. The third-order valence-corrected chi connectivity index (χ3v) is 2.05.